The minimum Gasteiger partial charge on any atom is -0.396 e. The van der Waals surface area contributed by atoms with Gasteiger partial charge in [0.05, 0.1) is 0 Å². The molecule has 1 nitrogen and oxygen atoms in total. The summed E-state index contributed by atoms with van der Waals surface area (Å²) in [7, 11) is 0. The van der Waals surface area contributed by atoms with Gasteiger partial charge in [-0.15, -0.1) is 0 Å². The largest absolute Gasteiger partial charge is 0.396 e. The van der Waals surface area contributed by atoms with Crippen LogP contribution in [0.2, 0.25) is 0 Å². The Morgan fingerprint density at radius 3 is 2.40 bits per heavy atom. The maximum Gasteiger partial charge on any atom is 0.126 e. The second-order valence-electron chi connectivity index (χ2n) is 3.84. The first-order valence-corrected chi connectivity index (χ1v) is 5.62. The van der Waals surface area contributed by atoms with Crippen molar-refractivity contribution in [3.05, 3.63) is 35.1 Å². The molecule has 0 heterocycles. The number of benzene rings is 1. The molecule has 0 atom stereocenters. The highest BCUT2D eigenvalue weighted by atomic mass is 19.1. The van der Waals surface area contributed by atoms with Crippen LogP contribution in [0.15, 0.2) is 18.2 Å². The third-order valence-corrected chi connectivity index (χ3v) is 2.89. The second kappa shape index (κ2) is 5.86. The van der Waals surface area contributed by atoms with Crippen molar-refractivity contribution in [2.45, 2.75) is 39.0 Å². The van der Waals surface area contributed by atoms with Gasteiger partial charge in [-0.25, -0.2) is 4.39 Å². The van der Waals surface area contributed by atoms with Crippen molar-refractivity contribution in [3.8, 4) is 0 Å². The summed E-state index contributed by atoms with van der Waals surface area (Å²) in [5.41, 5.74) is 1.67. The molecule has 2 heteroatoms. The van der Waals surface area contributed by atoms with E-state index < -0.39 is 0 Å². The molecule has 0 radical (unpaired) electrons. The van der Waals surface area contributed by atoms with Crippen molar-refractivity contribution >= 4 is 0 Å². The Kier molecular flexibility index (Phi) is 4.76. The summed E-state index contributed by atoms with van der Waals surface area (Å²) >= 11 is 0. The van der Waals surface area contributed by atoms with Crippen molar-refractivity contribution in [3.63, 3.8) is 0 Å². The summed E-state index contributed by atoms with van der Waals surface area (Å²) in [6.07, 6.45) is 2.46. The Balaban J connectivity index is 2.91. The molecule has 1 N–H and O–H groups in total. The molecule has 0 saturated carbocycles. The Morgan fingerprint density at radius 1 is 1.27 bits per heavy atom. The molecule has 0 spiro atoms. The van der Waals surface area contributed by atoms with Crippen molar-refractivity contribution in [1.29, 1.82) is 0 Å². The zero-order chi connectivity index (χ0) is 11.3. The van der Waals surface area contributed by atoms with E-state index in [4.69, 9.17) is 5.11 Å². The molecule has 0 saturated heterocycles. The normalized spacial score (nSPS) is 11.0. The van der Waals surface area contributed by atoms with Crippen LogP contribution in [0.4, 0.5) is 4.39 Å². The summed E-state index contributed by atoms with van der Waals surface area (Å²) in [6.45, 7) is 4.23. The fraction of sp³-hybridized carbons (Fsp3) is 0.538. The molecular weight excluding hydrogens is 191 g/mol. The zero-order valence-electron chi connectivity index (χ0n) is 9.46. The summed E-state index contributed by atoms with van der Waals surface area (Å²) in [5, 5.41) is 8.76. The zero-order valence-corrected chi connectivity index (χ0v) is 9.46. The number of hydrogen-bond donors (Lipinski definition) is 1. The van der Waals surface area contributed by atoms with E-state index in [0.29, 0.717) is 12.3 Å². The molecule has 0 aliphatic carbocycles. The number of hydrogen-bond acceptors (Lipinski definition) is 1. The average Bonchev–Trinajstić information content (AvgIpc) is 2.23. The first kappa shape index (κ1) is 12.2. The third kappa shape index (κ3) is 3.03. The topological polar surface area (TPSA) is 20.2 Å². The van der Waals surface area contributed by atoms with E-state index in [1.165, 1.54) is 0 Å². The highest BCUT2D eigenvalue weighted by molar-refractivity contribution is 5.27. The summed E-state index contributed by atoms with van der Waals surface area (Å²) in [6, 6.07) is 5.31. The smallest absolute Gasteiger partial charge is 0.126 e. The average molecular weight is 210 g/mol. The molecule has 0 aliphatic rings. The molecule has 1 rings (SSSR count). The molecular formula is C13H19FO. The van der Waals surface area contributed by atoms with E-state index >= 15 is 0 Å². The lowest BCUT2D eigenvalue weighted by molar-refractivity contribution is 0.299. The lowest BCUT2D eigenvalue weighted by Crippen LogP contribution is -2.01. The van der Waals surface area contributed by atoms with E-state index in [9.17, 15) is 4.39 Å². The fourth-order valence-corrected chi connectivity index (χ4v) is 1.91. The molecule has 1 aromatic rings. The molecule has 0 amide bonds. The van der Waals surface area contributed by atoms with Crippen LogP contribution in [0.3, 0.4) is 0 Å². The molecule has 84 valence electrons. The van der Waals surface area contributed by atoms with Gasteiger partial charge >= 0.3 is 0 Å². The van der Waals surface area contributed by atoms with E-state index in [2.05, 4.69) is 13.8 Å². The van der Waals surface area contributed by atoms with Crippen LogP contribution in [-0.2, 0) is 6.42 Å². The van der Waals surface area contributed by atoms with Crippen LogP contribution >= 0.6 is 0 Å². The minimum absolute atomic E-state index is 0.0732. The van der Waals surface area contributed by atoms with Gasteiger partial charge in [0, 0.05) is 6.61 Å². The van der Waals surface area contributed by atoms with Gasteiger partial charge in [-0.3, -0.25) is 0 Å². The molecule has 0 bridgehead atoms. The first-order valence-electron chi connectivity index (χ1n) is 5.62. The first-order chi connectivity index (χ1) is 7.22. The van der Waals surface area contributed by atoms with Gasteiger partial charge in [0.25, 0.3) is 0 Å². The molecule has 0 fully saturated rings. The molecule has 0 aromatic heterocycles. The van der Waals surface area contributed by atoms with Gasteiger partial charge in [0.15, 0.2) is 0 Å². The van der Waals surface area contributed by atoms with Crippen molar-refractivity contribution in [1.82, 2.24) is 0 Å². The van der Waals surface area contributed by atoms with Gasteiger partial charge in [0.2, 0.25) is 0 Å². The summed E-state index contributed by atoms with van der Waals surface area (Å²) in [4.78, 5) is 0. The van der Waals surface area contributed by atoms with Crippen molar-refractivity contribution < 1.29 is 9.50 Å². The Morgan fingerprint density at radius 2 is 1.93 bits per heavy atom. The Labute approximate surface area is 90.9 Å². The van der Waals surface area contributed by atoms with Crippen LogP contribution in [-0.4, -0.2) is 11.7 Å². The standard InChI is InChI=1S/C13H19FO/c1-3-11(4-2)12-6-5-10(7-8-15)9-13(12)14/h5-6,9,11,15H,3-4,7-8H2,1-2H3. The van der Waals surface area contributed by atoms with Gasteiger partial charge in [-0.2, -0.15) is 0 Å². The highest BCUT2D eigenvalue weighted by Gasteiger charge is 2.12. The van der Waals surface area contributed by atoms with Crippen LogP contribution in [0.1, 0.15) is 43.7 Å². The molecule has 0 unspecified atom stereocenters. The van der Waals surface area contributed by atoms with Crippen molar-refractivity contribution in [2.24, 2.45) is 0 Å². The molecule has 15 heavy (non-hydrogen) atoms. The second-order valence-corrected chi connectivity index (χ2v) is 3.84. The summed E-state index contributed by atoms with van der Waals surface area (Å²) < 4.78 is 13.7. The van der Waals surface area contributed by atoms with Gasteiger partial charge < -0.3 is 5.11 Å². The maximum atomic E-state index is 13.7. The number of aliphatic hydroxyl groups is 1. The monoisotopic (exact) mass is 210 g/mol. The number of rotatable bonds is 5. The SMILES string of the molecule is CCC(CC)c1ccc(CCO)cc1F. The highest BCUT2D eigenvalue weighted by Crippen LogP contribution is 2.26. The Hall–Kier alpha value is -0.890. The minimum atomic E-state index is -0.130. The van der Waals surface area contributed by atoms with Crippen molar-refractivity contribution in [2.75, 3.05) is 6.61 Å². The fourth-order valence-electron chi connectivity index (χ4n) is 1.91. The van der Waals surface area contributed by atoms with Gasteiger partial charge in [-0.1, -0.05) is 26.0 Å². The molecule has 1 aromatic carbocycles. The molecule has 0 aliphatic heterocycles. The van der Waals surface area contributed by atoms with E-state index in [0.717, 1.165) is 24.0 Å². The van der Waals surface area contributed by atoms with Gasteiger partial charge in [0.1, 0.15) is 5.82 Å². The Bertz CT molecular complexity index is 305. The third-order valence-electron chi connectivity index (χ3n) is 2.89. The van der Waals surface area contributed by atoms with Crippen LogP contribution in [0, 0.1) is 5.82 Å². The van der Waals surface area contributed by atoms with E-state index in [1.807, 2.05) is 12.1 Å². The number of aliphatic hydroxyl groups excluding tert-OH is 1. The lowest BCUT2D eigenvalue weighted by atomic mass is 9.92. The van der Waals surface area contributed by atoms with E-state index in [1.54, 1.807) is 6.07 Å². The predicted octanol–water partition coefficient (Wildman–Crippen LogP) is 3.26. The summed E-state index contributed by atoms with van der Waals surface area (Å²) in [5.74, 6) is 0.183. The van der Waals surface area contributed by atoms with E-state index in [-0.39, 0.29) is 12.4 Å². The van der Waals surface area contributed by atoms with Gasteiger partial charge in [-0.05, 0) is 42.4 Å². The quantitative estimate of drug-likeness (QED) is 0.790. The van der Waals surface area contributed by atoms with Crippen LogP contribution in [0.5, 0.6) is 0 Å². The lowest BCUT2D eigenvalue weighted by Gasteiger charge is -2.14. The van der Waals surface area contributed by atoms with Crippen LogP contribution < -0.4 is 0 Å². The van der Waals surface area contributed by atoms with Crippen LogP contribution in [0.25, 0.3) is 0 Å². The predicted molar refractivity (Wildman–Crippen MR) is 60.5 cm³/mol. The number of halogens is 1. The maximum absolute atomic E-state index is 13.7.